The quantitative estimate of drug-likeness (QED) is 0.645. The van der Waals surface area contributed by atoms with E-state index in [2.05, 4.69) is 20.9 Å². The molecule has 4 rings (SSSR count). The van der Waals surface area contributed by atoms with Gasteiger partial charge in [-0.05, 0) is 42.7 Å². The van der Waals surface area contributed by atoms with Gasteiger partial charge in [0.1, 0.15) is 10.7 Å². The molecular weight excluding hydrogens is 416 g/mol. The summed E-state index contributed by atoms with van der Waals surface area (Å²) in [6.07, 6.45) is 3.36. The summed E-state index contributed by atoms with van der Waals surface area (Å²) in [7, 11) is -0.130. The largest absolute Gasteiger partial charge is 0.493 e. The standard InChI is InChI=1S/C22H30N4O4S/c1-29-20-7-5-18(15-21(20)30-2)17-24-11-13-25(14-12-24)22-8-6-19(16-23-22)31(27,28)26-9-3-4-10-26/h5-8,15-16H,3-4,9-14,17H2,1-2H3. The zero-order valence-electron chi connectivity index (χ0n) is 18.2. The Morgan fingerprint density at radius 3 is 2.23 bits per heavy atom. The summed E-state index contributed by atoms with van der Waals surface area (Å²) in [5.41, 5.74) is 1.18. The second-order valence-corrected chi connectivity index (χ2v) is 9.85. The van der Waals surface area contributed by atoms with E-state index in [9.17, 15) is 8.42 Å². The van der Waals surface area contributed by atoms with Crippen LogP contribution in [0.2, 0.25) is 0 Å². The summed E-state index contributed by atoms with van der Waals surface area (Å²) in [5, 5.41) is 0. The molecule has 31 heavy (non-hydrogen) atoms. The highest BCUT2D eigenvalue weighted by Gasteiger charge is 2.28. The Labute approximate surface area is 184 Å². The number of sulfonamides is 1. The third-order valence-electron chi connectivity index (χ3n) is 5.97. The minimum atomic E-state index is -3.42. The molecule has 0 N–H and O–H groups in total. The molecule has 0 radical (unpaired) electrons. The lowest BCUT2D eigenvalue weighted by atomic mass is 10.1. The molecule has 2 aromatic rings. The van der Waals surface area contributed by atoms with Gasteiger partial charge in [-0.25, -0.2) is 13.4 Å². The third kappa shape index (κ3) is 4.78. The van der Waals surface area contributed by atoms with Crippen LogP contribution in [0.3, 0.4) is 0 Å². The van der Waals surface area contributed by atoms with E-state index in [-0.39, 0.29) is 4.90 Å². The van der Waals surface area contributed by atoms with Gasteiger partial charge in [0.25, 0.3) is 0 Å². The lowest BCUT2D eigenvalue weighted by Crippen LogP contribution is -2.46. The number of methoxy groups -OCH3 is 2. The van der Waals surface area contributed by atoms with Crippen molar-refractivity contribution in [1.82, 2.24) is 14.2 Å². The average Bonchev–Trinajstić information content (AvgIpc) is 3.36. The number of rotatable bonds is 7. The fourth-order valence-corrected chi connectivity index (χ4v) is 5.62. The van der Waals surface area contributed by atoms with Crippen molar-refractivity contribution in [3.05, 3.63) is 42.1 Å². The van der Waals surface area contributed by atoms with Crippen LogP contribution in [0.1, 0.15) is 18.4 Å². The number of hydrogen-bond donors (Lipinski definition) is 0. The highest BCUT2D eigenvalue weighted by atomic mass is 32.2. The van der Waals surface area contributed by atoms with E-state index in [4.69, 9.17) is 9.47 Å². The number of pyridine rings is 1. The second-order valence-electron chi connectivity index (χ2n) is 7.92. The smallest absolute Gasteiger partial charge is 0.244 e. The van der Waals surface area contributed by atoms with Gasteiger partial charge in [0.2, 0.25) is 10.0 Å². The molecule has 0 unspecified atom stereocenters. The van der Waals surface area contributed by atoms with Gasteiger partial charge in [0.15, 0.2) is 11.5 Å². The highest BCUT2D eigenvalue weighted by molar-refractivity contribution is 7.89. The average molecular weight is 447 g/mol. The number of piperazine rings is 1. The minimum Gasteiger partial charge on any atom is -0.493 e. The van der Waals surface area contributed by atoms with E-state index in [1.165, 1.54) is 11.8 Å². The van der Waals surface area contributed by atoms with Crippen molar-refractivity contribution in [1.29, 1.82) is 0 Å². The number of aromatic nitrogens is 1. The molecule has 0 amide bonds. The molecule has 1 aromatic heterocycles. The molecule has 0 atom stereocenters. The van der Waals surface area contributed by atoms with Crippen LogP contribution in [0.25, 0.3) is 0 Å². The van der Waals surface area contributed by atoms with Crippen molar-refractivity contribution < 1.29 is 17.9 Å². The predicted octanol–water partition coefficient (Wildman–Crippen LogP) is 2.21. The number of anilines is 1. The van der Waals surface area contributed by atoms with E-state index >= 15 is 0 Å². The van der Waals surface area contributed by atoms with Gasteiger partial charge in [0, 0.05) is 52.0 Å². The van der Waals surface area contributed by atoms with E-state index in [1.807, 2.05) is 18.2 Å². The molecule has 0 bridgehead atoms. The first-order valence-corrected chi connectivity index (χ1v) is 12.1. The number of hydrogen-bond acceptors (Lipinski definition) is 7. The van der Waals surface area contributed by atoms with Gasteiger partial charge in [-0.2, -0.15) is 4.31 Å². The molecule has 2 aliphatic heterocycles. The summed E-state index contributed by atoms with van der Waals surface area (Å²) in [6.45, 7) is 5.55. The zero-order valence-corrected chi connectivity index (χ0v) is 19.0. The Hall–Kier alpha value is -2.36. The Morgan fingerprint density at radius 1 is 0.903 bits per heavy atom. The zero-order chi connectivity index (χ0) is 21.8. The molecule has 2 saturated heterocycles. The van der Waals surface area contributed by atoms with Crippen LogP contribution < -0.4 is 14.4 Å². The Kier molecular flexibility index (Phi) is 6.64. The van der Waals surface area contributed by atoms with Crippen molar-refractivity contribution >= 4 is 15.8 Å². The topological polar surface area (TPSA) is 75.2 Å². The molecule has 1 aromatic carbocycles. The normalized spacial score (nSPS) is 18.3. The molecule has 0 spiro atoms. The fourth-order valence-electron chi connectivity index (χ4n) is 4.16. The van der Waals surface area contributed by atoms with Crippen LogP contribution >= 0.6 is 0 Å². The molecule has 0 aliphatic carbocycles. The molecule has 8 nitrogen and oxygen atoms in total. The first kappa shape index (κ1) is 21.9. The summed E-state index contributed by atoms with van der Waals surface area (Å²) in [6, 6.07) is 9.53. The molecular formula is C22H30N4O4S. The molecule has 168 valence electrons. The van der Waals surface area contributed by atoms with Crippen LogP contribution in [0.5, 0.6) is 11.5 Å². The Morgan fingerprint density at radius 2 is 1.61 bits per heavy atom. The third-order valence-corrected chi connectivity index (χ3v) is 7.86. The van der Waals surface area contributed by atoms with Gasteiger partial charge >= 0.3 is 0 Å². The Bertz CT molecular complexity index is 983. The minimum absolute atomic E-state index is 0.283. The van der Waals surface area contributed by atoms with Crippen LogP contribution in [0, 0.1) is 0 Å². The van der Waals surface area contributed by atoms with Crippen molar-refractivity contribution in [2.24, 2.45) is 0 Å². The van der Waals surface area contributed by atoms with Crippen LogP contribution in [0.15, 0.2) is 41.4 Å². The van der Waals surface area contributed by atoms with Crippen LogP contribution in [-0.4, -0.2) is 76.1 Å². The van der Waals surface area contributed by atoms with Gasteiger partial charge in [0.05, 0.1) is 14.2 Å². The SMILES string of the molecule is COc1ccc(CN2CCN(c3ccc(S(=O)(=O)N4CCCC4)cn3)CC2)cc1OC. The summed E-state index contributed by atoms with van der Waals surface area (Å²) in [5.74, 6) is 2.30. The highest BCUT2D eigenvalue weighted by Crippen LogP contribution is 2.28. The second kappa shape index (κ2) is 9.42. The van der Waals surface area contributed by atoms with Crippen molar-refractivity contribution in [3.8, 4) is 11.5 Å². The van der Waals surface area contributed by atoms with E-state index in [0.717, 1.165) is 62.9 Å². The maximum absolute atomic E-state index is 12.7. The maximum atomic E-state index is 12.7. The first-order chi connectivity index (χ1) is 15.0. The molecule has 2 aliphatic rings. The summed E-state index contributed by atoms with van der Waals surface area (Å²) in [4.78, 5) is 9.34. The lowest BCUT2D eigenvalue weighted by Gasteiger charge is -2.35. The van der Waals surface area contributed by atoms with Crippen molar-refractivity contribution in [2.75, 3.05) is 58.4 Å². The molecule has 0 saturated carbocycles. The van der Waals surface area contributed by atoms with Gasteiger partial charge in [-0.15, -0.1) is 0 Å². The summed E-state index contributed by atoms with van der Waals surface area (Å²) >= 11 is 0. The molecule has 9 heteroatoms. The molecule has 3 heterocycles. The van der Waals surface area contributed by atoms with Crippen LogP contribution in [-0.2, 0) is 16.6 Å². The van der Waals surface area contributed by atoms with Crippen molar-refractivity contribution in [2.45, 2.75) is 24.3 Å². The van der Waals surface area contributed by atoms with E-state index in [0.29, 0.717) is 13.1 Å². The number of ether oxygens (including phenoxy) is 2. The summed E-state index contributed by atoms with van der Waals surface area (Å²) < 4.78 is 37.6. The van der Waals surface area contributed by atoms with Gasteiger partial charge in [-0.3, -0.25) is 4.90 Å². The van der Waals surface area contributed by atoms with E-state index in [1.54, 1.807) is 24.6 Å². The van der Waals surface area contributed by atoms with Crippen LogP contribution in [0.4, 0.5) is 5.82 Å². The predicted molar refractivity (Wildman–Crippen MR) is 119 cm³/mol. The monoisotopic (exact) mass is 446 g/mol. The van der Waals surface area contributed by atoms with E-state index < -0.39 is 10.0 Å². The molecule has 2 fully saturated rings. The first-order valence-electron chi connectivity index (χ1n) is 10.7. The fraction of sp³-hybridized carbons (Fsp3) is 0.500. The van der Waals surface area contributed by atoms with Gasteiger partial charge < -0.3 is 14.4 Å². The number of nitrogens with zero attached hydrogens (tertiary/aromatic N) is 4. The van der Waals surface area contributed by atoms with Crippen molar-refractivity contribution in [3.63, 3.8) is 0 Å². The Balaban J connectivity index is 1.34. The lowest BCUT2D eigenvalue weighted by molar-refractivity contribution is 0.248. The van der Waals surface area contributed by atoms with Gasteiger partial charge in [-0.1, -0.05) is 6.07 Å². The number of benzene rings is 1. The maximum Gasteiger partial charge on any atom is 0.244 e.